The Kier molecular flexibility index (Phi) is 5.50. The van der Waals surface area contributed by atoms with Crippen LogP contribution >= 0.6 is 0 Å². The predicted octanol–water partition coefficient (Wildman–Crippen LogP) is -0.307. The first kappa shape index (κ1) is 16.4. The number of nitrogens with zero attached hydrogens (tertiary/aromatic N) is 1. The summed E-state index contributed by atoms with van der Waals surface area (Å²) in [5.41, 5.74) is 4.99. The molecule has 114 valence electrons. The molecular formula is C13H23N3O4. The number of carbonyl (C=O) groups excluding carboxylic acids is 2. The number of likely N-dealkylation sites (tertiary alicyclic amines) is 1. The maximum Gasteiger partial charge on any atom is 0.326 e. The predicted molar refractivity (Wildman–Crippen MR) is 72.8 cm³/mol. The minimum Gasteiger partial charge on any atom is -0.480 e. The van der Waals surface area contributed by atoms with Crippen LogP contribution in [0.5, 0.6) is 0 Å². The van der Waals surface area contributed by atoms with Gasteiger partial charge in [-0.2, -0.15) is 0 Å². The van der Waals surface area contributed by atoms with Crippen molar-refractivity contribution in [2.24, 2.45) is 5.73 Å². The van der Waals surface area contributed by atoms with Gasteiger partial charge in [0.15, 0.2) is 0 Å². The van der Waals surface area contributed by atoms with Gasteiger partial charge in [-0.15, -0.1) is 0 Å². The van der Waals surface area contributed by atoms with E-state index in [9.17, 15) is 14.4 Å². The third-order valence-corrected chi connectivity index (χ3v) is 3.87. The zero-order valence-electron chi connectivity index (χ0n) is 12.1. The molecule has 0 aliphatic carbocycles. The van der Waals surface area contributed by atoms with Crippen LogP contribution in [0.2, 0.25) is 0 Å². The van der Waals surface area contributed by atoms with Crippen LogP contribution in [0.4, 0.5) is 0 Å². The maximum absolute atomic E-state index is 12.1. The fraction of sp³-hybridized carbons (Fsp3) is 0.769. The summed E-state index contributed by atoms with van der Waals surface area (Å²) in [6, 6.07) is -1.14. The van der Waals surface area contributed by atoms with E-state index in [1.165, 1.54) is 0 Å². The second-order valence-corrected chi connectivity index (χ2v) is 5.47. The van der Waals surface area contributed by atoms with Gasteiger partial charge in [0, 0.05) is 12.1 Å². The van der Waals surface area contributed by atoms with Gasteiger partial charge in [-0.25, -0.2) is 4.79 Å². The minimum atomic E-state index is -1.27. The molecule has 1 rings (SSSR count). The molecular weight excluding hydrogens is 262 g/mol. The highest BCUT2D eigenvalue weighted by molar-refractivity contribution is 5.89. The quantitative estimate of drug-likeness (QED) is 0.620. The van der Waals surface area contributed by atoms with Gasteiger partial charge in [0.05, 0.1) is 12.5 Å². The summed E-state index contributed by atoms with van der Waals surface area (Å²) in [5.74, 6) is -2.40. The number of primary amides is 1. The van der Waals surface area contributed by atoms with Gasteiger partial charge in [0.1, 0.15) is 6.04 Å². The summed E-state index contributed by atoms with van der Waals surface area (Å²) in [6.45, 7) is 5.84. The number of carboxylic acids is 1. The standard InChI is InChI=1S/C13H23N3O4/c1-7-4-5-8(2)16(7)9(3)12(18)15-10(13(19)20)6-11(14)17/h7-10H,4-6H2,1-3H3,(H2,14,17)(H,15,18)(H,19,20)/t7?,8?,9?,10-/m1/s1. The number of aliphatic carboxylic acids is 1. The number of hydrogen-bond donors (Lipinski definition) is 3. The molecule has 4 atom stereocenters. The number of carboxylic acid groups (broad SMARTS) is 1. The molecule has 0 bridgehead atoms. The van der Waals surface area contributed by atoms with Crippen LogP contribution in [0.25, 0.3) is 0 Å². The summed E-state index contributed by atoms with van der Waals surface area (Å²) in [7, 11) is 0. The minimum absolute atomic E-state index is 0.283. The molecule has 0 aromatic rings. The largest absolute Gasteiger partial charge is 0.480 e. The maximum atomic E-state index is 12.1. The Morgan fingerprint density at radius 3 is 2.20 bits per heavy atom. The lowest BCUT2D eigenvalue weighted by atomic mass is 10.1. The van der Waals surface area contributed by atoms with Crippen LogP contribution in [0.15, 0.2) is 0 Å². The monoisotopic (exact) mass is 285 g/mol. The SMILES string of the molecule is CC1CCC(C)N1C(C)C(=O)N[C@H](CC(N)=O)C(=O)O. The van der Waals surface area contributed by atoms with Crippen LogP contribution in [0.1, 0.15) is 40.0 Å². The Balaban J connectivity index is 2.68. The van der Waals surface area contributed by atoms with Gasteiger partial charge in [0.25, 0.3) is 0 Å². The molecule has 1 aliphatic heterocycles. The molecule has 1 aliphatic rings. The van der Waals surface area contributed by atoms with Crippen molar-refractivity contribution in [3.63, 3.8) is 0 Å². The van der Waals surface area contributed by atoms with E-state index < -0.39 is 30.4 Å². The zero-order chi connectivity index (χ0) is 15.4. The molecule has 20 heavy (non-hydrogen) atoms. The lowest BCUT2D eigenvalue weighted by Gasteiger charge is -2.32. The second-order valence-electron chi connectivity index (χ2n) is 5.47. The molecule has 0 spiro atoms. The fourth-order valence-electron chi connectivity index (χ4n) is 2.81. The van der Waals surface area contributed by atoms with Crippen molar-refractivity contribution in [2.75, 3.05) is 0 Å². The van der Waals surface area contributed by atoms with E-state index in [2.05, 4.69) is 10.2 Å². The van der Waals surface area contributed by atoms with Crippen LogP contribution in [-0.4, -0.2) is 52.0 Å². The number of nitrogens with one attached hydrogen (secondary N) is 1. The molecule has 0 aromatic heterocycles. The fourth-order valence-corrected chi connectivity index (χ4v) is 2.81. The average Bonchev–Trinajstić information content (AvgIpc) is 2.66. The summed E-state index contributed by atoms with van der Waals surface area (Å²) in [6.07, 6.45) is 1.63. The molecule has 1 heterocycles. The summed E-state index contributed by atoms with van der Waals surface area (Å²) in [4.78, 5) is 36.0. The zero-order valence-corrected chi connectivity index (χ0v) is 12.1. The molecule has 7 nitrogen and oxygen atoms in total. The van der Waals surface area contributed by atoms with Crippen LogP contribution in [0, 0.1) is 0 Å². The molecule has 1 fully saturated rings. The highest BCUT2D eigenvalue weighted by Crippen LogP contribution is 2.25. The normalized spacial score (nSPS) is 25.9. The van der Waals surface area contributed by atoms with Gasteiger partial charge in [-0.05, 0) is 33.6 Å². The smallest absolute Gasteiger partial charge is 0.326 e. The van der Waals surface area contributed by atoms with Gasteiger partial charge in [0.2, 0.25) is 11.8 Å². The Morgan fingerprint density at radius 1 is 1.30 bits per heavy atom. The Labute approximate surface area is 118 Å². The van der Waals surface area contributed by atoms with Crippen molar-refractivity contribution < 1.29 is 19.5 Å². The van der Waals surface area contributed by atoms with E-state index in [1.54, 1.807) is 6.92 Å². The van der Waals surface area contributed by atoms with Crippen molar-refractivity contribution in [3.8, 4) is 0 Å². The van der Waals surface area contributed by atoms with E-state index in [1.807, 2.05) is 13.8 Å². The van der Waals surface area contributed by atoms with E-state index in [0.717, 1.165) is 12.8 Å². The molecule has 3 unspecified atom stereocenters. The topological polar surface area (TPSA) is 113 Å². The number of nitrogens with two attached hydrogens (primary N) is 1. The van der Waals surface area contributed by atoms with Gasteiger partial charge < -0.3 is 16.2 Å². The number of amides is 2. The molecule has 7 heteroatoms. The van der Waals surface area contributed by atoms with Crippen LogP contribution in [0.3, 0.4) is 0 Å². The van der Waals surface area contributed by atoms with E-state index in [-0.39, 0.29) is 18.0 Å². The van der Waals surface area contributed by atoms with Crippen molar-refractivity contribution in [1.82, 2.24) is 10.2 Å². The van der Waals surface area contributed by atoms with Gasteiger partial charge in [-0.1, -0.05) is 0 Å². The molecule has 1 saturated heterocycles. The van der Waals surface area contributed by atoms with E-state index in [4.69, 9.17) is 10.8 Å². The molecule has 0 aromatic carbocycles. The first-order valence-corrected chi connectivity index (χ1v) is 6.83. The average molecular weight is 285 g/mol. The number of rotatable bonds is 6. The second kappa shape index (κ2) is 6.69. The van der Waals surface area contributed by atoms with E-state index >= 15 is 0 Å². The number of hydrogen-bond acceptors (Lipinski definition) is 4. The van der Waals surface area contributed by atoms with Crippen molar-refractivity contribution in [3.05, 3.63) is 0 Å². The first-order chi connectivity index (χ1) is 9.23. The Morgan fingerprint density at radius 2 is 1.80 bits per heavy atom. The lowest BCUT2D eigenvalue weighted by Crippen LogP contribution is -2.53. The highest BCUT2D eigenvalue weighted by Gasteiger charge is 2.35. The molecule has 2 amide bonds. The molecule has 4 N–H and O–H groups in total. The summed E-state index contributed by atoms with van der Waals surface area (Å²) >= 11 is 0. The van der Waals surface area contributed by atoms with E-state index in [0.29, 0.717) is 0 Å². The third-order valence-electron chi connectivity index (χ3n) is 3.87. The van der Waals surface area contributed by atoms with Crippen LogP contribution < -0.4 is 11.1 Å². The van der Waals surface area contributed by atoms with Crippen molar-refractivity contribution in [2.45, 2.75) is 64.2 Å². The first-order valence-electron chi connectivity index (χ1n) is 6.83. The lowest BCUT2D eigenvalue weighted by molar-refractivity contribution is -0.144. The highest BCUT2D eigenvalue weighted by atomic mass is 16.4. The van der Waals surface area contributed by atoms with Gasteiger partial charge in [-0.3, -0.25) is 14.5 Å². The molecule has 0 radical (unpaired) electrons. The number of carbonyl (C=O) groups is 3. The van der Waals surface area contributed by atoms with Crippen molar-refractivity contribution >= 4 is 17.8 Å². The summed E-state index contributed by atoms with van der Waals surface area (Å²) < 4.78 is 0. The summed E-state index contributed by atoms with van der Waals surface area (Å²) in [5, 5.41) is 11.4. The van der Waals surface area contributed by atoms with Crippen LogP contribution in [-0.2, 0) is 14.4 Å². The van der Waals surface area contributed by atoms with Crippen molar-refractivity contribution in [1.29, 1.82) is 0 Å². The third kappa shape index (κ3) is 3.93. The Bertz CT molecular complexity index is 389. The Hall–Kier alpha value is -1.63. The van der Waals surface area contributed by atoms with Gasteiger partial charge >= 0.3 is 5.97 Å². The molecule has 0 saturated carbocycles.